The molecule has 0 aromatic carbocycles. The Morgan fingerprint density at radius 1 is 1.22 bits per heavy atom. The molecule has 0 unspecified atom stereocenters. The number of nitrogens with one attached hydrogen (secondary N) is 1. The van der Waals surface area contributed by atoms with Crippen molar-refractivity contribution in [2.75, 3.05) is 0 Å². The maximum atomic E-state index is 12.8. The largest absolute Gasteiger partial charge is 0.353 e. The van der Waals surface area contributed by atoms with Crippen LogP contribution in [0.3, 0.4) is 0 Å². The van der Waals surface area contributed by atoms with E-state index in [-0.39, 0.29) is 17.5 Å². The summed E-state index contributed by atoms with van der Waals surface area (Å²) >= 11 is 1.44. The summed E-state index contributed by atoms with van der Waals surface area (Å²) in [7, 11) is 1.73. The van der Waals surface area contributed by atoms with Gasteiger partial charge in [-0.1, -0.05) is 0 Å². The number of carbonyl (C=O) groups excluding carboxylic acids is 1. The van der Waals surface area contributed by atoms with Gasteiger partial charge in [0.05, 0.1) is 5.52 Å². The number of hydrogen-bond donors (Lipinski definition) is 1. The van der Waals surface area contributed by atoms with Gasteiger partial charge in [-0.25, -0.2) is 0 Å². The molecule has 32 heavy (non-hydrogen) atoms. The van der Waals surface area contributed by atoms with Crippen LogP contribution in [0.2, 0.25) is 0 Å². The molecule has 0 radical (unpaired) electrons. The molecular formula is C24H31N5O2S. The zero-order valence-electron chi connectivity index (χ0n) is 18.8. The summed E-state index contributed by atoms with van der Waals surface area (Å²) in [6, 6.07) is 2.21. The number of amides is 1. The predicted octanol–water partition coefficient (Wildman–Crippen LogP) is 3.69. The van der Waals surface area contributed by atoms with Crippen LogP contribution in [-0.2, 0) is 18.3 Å². The standard InChI is InChI=1S/C24H31N5O2S/c1-14(24-11-15-8-16(12-24)10-17(9-15)13-24)25-20(30)5-3-4-19-26-27-23-28(2)22(31)21-18(29(19)23)6-7-32-21/h6-7,14-17H,3-5,8-13H2,1-2H3,(H,25,30)/t14-,15?,16?,17?,24?/m0/s1. The normalized spacial score (nSPS) is 29.8. The van der Waals surface area contributed by atoms with Gasteiger partial charge in [-0.2, -0.15) is 0 Å². The van der Waals surface area contributed by atoms with Crippen molar-refractivity contribution in [2.45, 2.75) is 70.8 Å². The Morgan fingerprint density at radius 2 is 1.91 bits per heavy atom. The van der Waals surface area contributed by atoms with Crippen molar-refractivity contribution in [1.82, 2.24) is 24.5 Å². The van der Waals surface area contributed by atoms with Crippen molar-refractivity contribution in [1.29, 1.82) is 0 Å². The summed E-state index contributed by atoms with van der Waals surface area (Å²) in [4.78, 5) is 25.3. The van der Waals surface area contributed by atoms with Gasteiger partial charge in [0.15, 0.2) is 0 Å². The number of hydrogen-bond acceptors (Lipinski definition) is 5. The Hall–Kier alpha value is -2.22. The number of nitrogens with zero attached hydrogens (tertiary/aromatic N) is 4. The minimum absolute atomic E-state index is 0.0421. The van der Waals surface area contributed by atoms with Crippen molar-refractivity contribution in [3.05, 3.63) is 27.6 Å². The average Bonchev–Trinajstić information content (AvgIpc) is 3.38. The Balaban J connectivity index is 1.12. The third-order valence-electron chi connectivity index (χ3n) is 8.58. The highest BCUT2D eigenvalue weighted by Gasteiger charge is 2.53. The summed E-state index contributed by atoms with van der Waals surface area (Å²) in [6.45, 7) is 2.24. The fraction of sp³-hybridized carbons (Fsp3) is 0.667. The van der Waals surface area contributed by atoms with Crippen LogP contribution in [0.4, 0.5) is 0 Å². The monoisotopic (exact) mass is 453 g/mol. The zero-order valence-corrected chi connectivity index (χ0v) is 19.7. The SMILES string of the molecule is C[C@H](NC(=O)CCCc1nnc2n(C)c(=O)c3sccc3n12)C12CC3CC(CC(C3)C1)C2. The van der Waals surface area contributed by atoms with E-state index in [4.69, 9.17) is 0 Å². The highest BCUT2D eigenvalue weighted by Crippen LogP contribution is 2.61. The molecule has 3 aromatic rings. The summed E-state index contributed by atoms with van der Waals surface area (Å²) in [5.74, 6) is 4.19. The number of fused-ring (bicyclic) bond motifs is 3. The van der Waals surface area contributed by atoms with Crippen molar-refractivity contribution in [2.24, 2.45) is 30.2 Å². The molecule has 0 spiro atoms. The fourth-order valence-corrected chi connectivity index (χ4v) is 8.25. The molecule has 4 saturated carbocycles. The molecule has 3 aromatic heterocycles. The summed E-state index contributed by atoms with van der Waals surface area (Å²) in [6.07, 6.45) is 10.1. The number of rotatable bonds is 6. The van der Waals surface area contributed by atoms with E-state index >= 15 is 0 Å². The Morgan fingerprint density at radius 3 is 2.59 bits per heavy atom. The molecule has 7 nitrogen and oxygen atoms in total. The minimum atomic E-state index is -0.0421. The summed E-state index contributed by atoms with van der Waals surface area (Å²) in [5, 5.41) is 13.9. The highest BCUT2D eigenvalue weighted by atomic mass is 32.1. The number of thiophene rings is 1. The minimum Gasteiger partial charge on any atom is -0.353 e. The molecule has 4 fully saturated rings. The highest BCUT2D eigenvalue weighted by molar-refractivity contribution is 7.17. The van der Waals surface area contributed by atoms with Crippen LogP contribution in [0.25, 0.3) is 16.0 Å². The van der Waals surface area contributed by atoms with E-state index in [1.54, 1.807) is 11.6 Å². The van der Waals surface area contributed by atoms with Gasteiger partial charge in [-0.05, 0) is 86.5 Å². The van der Waals surface area contributed by atoms with E-state index in [1.165, 1.54) is 49.9 Å². The van der Waals surface area contributed by atoms with Gasteiger partial charge >= 0.3 is 0 Å². The third-order valence-corrected chi connectivity index (χ3v) is 9.47. The van der Waals surface area contributed by atoms with Crippen molar-refractivity contribution in [3.63, 3.8) is 0 Å². The quantitative estimate of drug-likeness (QED) is 0.617. The lowest BCUT2D eigenvalue weighted by molar-refractivity contribution is -0.126. The van der Waals surface area contributed by atoms with Crippen LogP contribution in [0, 0.1) is 23.2 Å². The van der Waals surface area contributed by atoms with Gasteiger partial charge in [0.2, 0.25) is 11.7 Å². The summed E-state index contributed by atoms with van der Waals surface area (Å²) < 4.78 is 4.22. The molecule has 4 bridgehead atoms. The summed E-state index contributed by atoms with van der Waals surface area (Å²) in [5.41, 5.74) is 1.15. The van der Waals surface area contributed by atoms with Crippen LogP contribution < -0.4 is 10.9 Å². The van der Waals surface area contributed by atoms with Crippen LogP contribution in [-0.4, -0.2) is 31.1 Å². The van der Waals surface area contributed by atoms with Gasteiger partial charge in [0, 0.05) is 25.9 Å². The third kappa shape index (κ3) is 3.13. The predicted molar refractivity (Wildman–Crippen MR) is 125 cm³/mol. The second kappa shape index (κ2) is 7.40. The van der Waals surface area contributed by atoms with Gasteiger partial charge in [-0.3, -0.25) is 18.6 Å². The van der Waals surface area contributed by atoms with Crippen LogP contribution in [0.5, 0.6) is 0 Å². The molecule has 4 aliphatic carbocycles. The number of aromatic nitrogens is 4. The van der Waals surface area contributed by atoms with E-state index in [0.717, 1.165) is 29.1 Å². The molecule has 7 rings (SSSR count). The fourth-order valence-electron chi connectivity index (χ4n) is 7.40. The molecule has 8 heteroatoms. The lowest BCUT2D eigenvalue weighted by Gasteiger charge is -2.59. The zero-order chi connectivity index (χ0) is 22.0. The molecular weight excluding hydrogens is 422 g/mol. The van der Waals surface area contributed by atoms with Crippen molar-refractivity contribution >= 4 is 33.2 Å². The van der Waals surface area contributed by atoms with E-state index in [1.807, 2.05) is 15.8 Å². The average molecular weight is 454 g/mol. The van der Waals surface area contributed by atoms with Crippen LogP contribution in [0.15, 0.2) is 16.2 Å². The molecule has 1 atom stereocenters. The Bertz CT molecular complexity index is 1220. The molecule has 1 N–H and O–H groups in total. The van der Waals surface area contributed by atoms with Gasteiger partial charge in [0.1, 0.15) is 10.5 Å². The number of aryl methyl sites for hydroxylation is 2. The van der Waals surface area contributed by atoms with E-state index in [9.17, 15) is 9.59 Å². The van der Waals surface area contributed by atoms with Crippen molar-refractivity contribution < 1.29 is 4.79 Å². The maximum absolute atomic E-state index is 12.8. The second-order valence-electron chi connectivity index (χ2n) is 10.7. The van der Waals surface area contributed by atoms with E-state index in [0.29, 0.717) is 35.2 Å². The molecule has 0 aliphatic heterocycles. The number of carbonyl (C=O) groups is 1. The first-order valence-corrected chi connectivity index (χ1v) is 12.9. The maximum Gasteiger partial charge on any atom is 0.272 e. The smallest absolute Gasteiger partial charge is 0.272 e. The molecule has 170 valence electrons. The van der Waals surface area contributed by atoms with Crippen molar-refractivity contribution in [3.8, 4) is 0 Å². The lowest BCUT2D eigenvalue weighted by atomic mass is 9.48. The van der Waals surface area contributed by atoms with E-state index < -0.39 is 0 Å². The topological polar surface area (TPSA) is 81.3 Å². The Labute approximate surface area is 191 Å². The molecule has 1 amide bonds. The van der Waals surface area contributed by atoms with Crippen LogP contribution >= 0.6 is 11.3 Å². The lowest BCUT2D eigenvalue weighted by Crippen LogP contribution is -2.55. The van der Waals surface area contributed by atoms with Gasteiger partial charge in [-0.15, -0.1) is 21.5 Å². The molecule has 0 saturated heterocycles. The van der Waals surface area contributed by atoms with Gasteiger partial charge in [0.25, 0.3) is 5.56 Å². The first-order valence-electron chi connectivity index (χ1n) is 12.0. The first kappa shape index (κ1) is 20.4. The first-order chi connectivity index (χ1) is 15.4. The van der Waals surface area contributed by atoms with E-state index in [2.05, 4.69) is 22.4 Å². The Kier molecular flexibility index (Phi) is 4.72. The van der Waals surface area contributed by atoms with Crippen LogP contribution in [0.1, 0.15) is 64.1 Å². The van der Waals surface area contributed by atoms with Gasteiger partial charge < -0.3 is 5.32 Å². The second-order valence-corrected chi connectivity index (χ2v) is 11.6. The molecule has 4 aliphatic rings. The molecule has 3 heterocycles.